The van der Waals surface area contributed by atoms with Gasteiger partial charge < -0.3 is 18.9 Å². The predicted molar refractivity (Wildman–Crippen MR) is 88.0 cm³/mol. The molecule has 1 aliphatic heterocycles. The minimum Gasteiger partial charge on any atom is -0.463 e. The number of halogens is 3. The number of aromatic amines is 1. The van der Waals surface area contributed by atoms with E-state index in [1.807, 2.05) is 0 Å². The van der Waals surface area contributed by atoms with Crippen molar-refractivity contribution in [1.82, 2.24) is 9.55 Å². The van der Waals surface area contributed by atoms with Crippen LogP contribution in [0.2, 0.25) is 0 Å². The first-order valence-electron chi connectivity index (χ1n) is 8.37. The fraction of sp³-hybridized carbons (Fsp3) is 0.562. The number of hydrogen-bond donors (Lipinski definition) is 1. The van der Waals surface area contributed by atoms with E-state index in [1.165, 1.54) is 4.98 Å². The van der Waals surface area contributed by atoms with Gasteiger partial charge in [0.15, 0.2) is 18.4 Å². The number of aromatic nitrogens is 2. The Morgan fingerprint density at radius 3 is 2.13 bits per heavy atom. The minimum atomic E-state index is -5.11. The predicted octanol–water partition coefficient (Wildman–Crippen LogP) is -0.121. The average molecular weight is 438 g/mol. The second-order valence-electron chi connectivity index (χ2n) is 6.22. The molecular weight excluding hydrogens is 421 g/mol. The van der Waals surface area contributed by atoms with Gasteiger partial charge in [-0.1, -0.05) is 0 Å². The van der Waals surface area contributed by atoms with Gasteiger partial charge in [0.05, 0.1) is 0 Å². The SMILES string of the molecule is CC(=O)OC[C@H]1OC(n2cc(C(F)(F)F)c(=O)[nH]c2=O)C(OC(C)=O)C1OC(C)=O. The summed E-state index contributed by atoms with van der Waals surface area (Å²) in [6, 6.07) is 0. The molecule has 2 rings (SSSR count). The average Bonchev–Trinajstić information content (AvgIpc) is 2.88. The number of carbonyl (C=O) groups excluding carboxylic acids is 3. The number of H-pyrrole nitrogens is 1. The Kier molecular flexibility index (Phi) is 6.70. The van der Waals surface area contributed by atoms with Gasteiger partial charge in [-0.15, -0.1) is 0 Å². The van der Waals surface area contributed by atoms with Crippen molar-refractivity contribution in [3.63, 3.8) is 0 Å². The number of carbonyl (C=O) groups is 3. The fourth-order valence-electron chi connectivity index (χ4n) is 2.79. The summed E-state index contributed by atoms with van der Waals surface area (Å²) in [7, 11) is 0. The Morgan fingerprint density at radius 2 is 1.63 bits per heavy atom. The molecule has 1 N–H and O–H groups in total. The normalized spacial score (nSPS) is 23.7. The summed E-state index contributed by atoms with van der Waals surface area (Å²) in [6.07, 6.45) is -10.9. The highest BCUT2D eigenvalue weighted by Gasteiger charge is 2.51. The molecule has 2 heterocycles. The molecule has 1 saturated heterocycles. The van der Waals surface area contributed by atoms with Crippen LogP contribution in [0.3, 0.4) is 0 Å². The largest absolute Gasteiger partial charge is 0.463 e. The van der Waals surface area contributed by atoms with Gasteiger partial charge in [-0.2, -0.15) is 13.2 Å². The van der Waals surface area contributed by atoms with Crippen LogP contribution in [0.4, 0.5) is 13.2 Å². The van der Waals surface area contributed by atoms with Crippen molar-refractivity contribution in [2.45, 2.75) is 51.5 Å². The number of esters is 3. The van der Waals surface area contributed by atoms with Crippen molar-refractivity contribution in [2.24, 2.45) is 0 Å². The molecule has 0 radical (unpaired) electrons. The first-order valence-corrected chi connectivity index (χ1v) is 8.37. The molecule has 1 aliphatic rings. The van der Waals surface area contributed by atoms with E-state index in [4.69, 9.17) is 18.9 Å². The zero-order valence-corrected chi connectivity index (χ0v) is 15.8. The Balaban J connectivity index is 2.56. The summed E-state index contributed by atoms with van der Waals surface area (Å²) in [5.74, 6) is -2.53. The summed E-state index contributed by atoms with van der Waals surface area (Å²) >= 11 is 0. The molecule has 1 aromatic rings. The molecule has 1 aromatic heterocycles. The standard InChI is InChI=1S/C16H17F3N2O9/c1-6(22)27-5-10-11(28-7(2)23)12(29-8(3)24)14(30-10)21-4-9(16(17,18)19)13(25)20-15(21)26/h4,10-12,14H,5H2,1-3H3,(H,20,25,26)/t10-,11?,12?,14?/m1/s1. The monoisotopic (exact) mass is 438 g/mol. The summed E-state index contributed by atoms with van der Waals surface area (Å²) in [5.41, 5.74) is -4.69. The van der Waals surface area contributed by atoms with Gasteiger partial charge in [0, 0.05) is 27.0 Å². The number of ether oxygens (including phenoxy) is 4. The maximum atomic E-state index is 13.1. The van der Waals surface area contributed by atoms with Gasteiger partial charge in [-0.25, -0.2) is 4.79 Å². The molecule has 14 heteroatoms. The Hall–Kier alpha value is -3.16. The summed E-state index contributed by atoms with van der Waals surface area (Å²) in [6.45, 7) is 2.53. The lowest BCUT2D eigenvalue weighted by atomic mass is 10.1. The van der Waals surface area contributed by atoms with Crippen LogP contribution in [-0.4, -0.2) is 52.4 Å². The molecule has 0 spiro atoms. The van der Waals surface area contributed by atoms with Crippen molar-refractivity contribution in [3.8, 4) is 0 Å². The van der Waals surface area contributed by atoms with Crippen LogP contribution >= 0.6 is 0 Å². The van der Waals surface area contributed by atoms with E-state index in [0.29, 0.717) is 4.57 Å². The topological polar surface area (TPSA) is 143 Å². The third-order valence-electron chi connectivity index (χ3n) is 3.89. The van der Waals surface area contributed by atoms with E-state index in [-0.39, 0.29) is 6.20 Å². The van der Waals surface area contributed by atoms with Crippen LogP contribution in [0.25, 0.3) is 0 Å². The third kappa shape index (κ3) is 5.25. The highest BCUT2D eigenvalue weighted by molar-refractivity contribution is 5.68. The Labute approximate surface area is 165 Å². The zero-order chi connectivity index (χ0) is 22.8. The van der Waals surface area contributed by atoms with Crippen molar-refractivity contribution in [1.29, 1.82) is 0 Å². The van der Waals surface area contributed by atoms with Gasteiger partial charge in [0.25, 0.3) is 5.56 Å². The highest BCUT2D eigenvalue weighted by Crippen LogP contribution is 2.34. The first kappa shape index (κ1) is 23.1. The van der Waals surface area contributed by atoms with E-state index < -0.39 is 72.0 Å². The maximum absolute atomic E-state index is 13.1. The molecule has 1 fully saturated rings. The van der Waals surface area contributed by atoms with Crippen molar-refractivity contribution in [3.05, 3.63) is 32.6 Å². The number of alkyl halides is 3. The van der Waals surface area contributed by atoms with Crippen LogP contribution in [0, 0.1) is 0 Å². The molecule has 0 amide bonds. The Morgan fingerprint density at radius 1 is 1.07 bits per heavy atom. The second-order valence-corrected chi connectivity index (χ2v) is 6.22. The van der Waals surface area contributed by atoms with Gasteiger partial charge in [0.1, 0.15) is 18.3 Å². The molecule has 11 nitrogen and oxygen atoms in total. The lowest BCUT2D eigenvalue weighted by molar-refractivity contribution is -0.166. The quantitative estimate of drug-likeness (QED) is 0.492. The summed E-state index contributed by atoms with van der Waals surface area (Å²) in [5, 5.41) is 0. The van der Waals surface area contributed by atoms with Crippen molar-refractivity contribution >= 4 is 17.9 Å². The van der Waals surface area contributed by atoms with Crippen LogP contribution in [-0.2, 0) is 39.5 Å². The first-order chi connectivity index (χ1) is 13.8. The van der Waals surface area contributed by atoms with E-state index in [2.05, 4.69) is 0 Å². The molecule has 0 bridgehead atoms. The van der Waals surface area contributed by atoms with Gasteiger partial charge in [0.2, 0.25) is 0 Å². The van der Waals surface area contributed by atoms with Crippen molar-refractivity contribution < 1.29 is 46.5 Å². The fourth-order valence-corrected chi connectivity index (χ4v) is 2.79. The number of nitrogens with zero attached hydrogens (tertiary/aromatic N) is 1. The molecule has 166 valence electrons. The smallest absolute Gasteiger partial charge is 0.423 e. The van der Waals surface area contributed by atoms with Gasteiger partial charge in [-0.05, 0) is 0 Å². The highest BCUT2D eigenvalue weighted by atomic mass is 19.4. The van der Waals surface area contributed by atoms with Crippen LogP contribution in [0.1, 0.15) is 32.6 Å². The molecule has 0 saturated carbocycles. The second kappa shape index (κ2) is 8.69. The van der Waals surface area contributed by atoms with Crippen molar-refractivity contribution in [2.75, 3.05) is 6.61 Å². The van der Waals surface area contributed by atoms with Crippen LogP contribution in [0.15, 0.2) is 15.8 Å². The number of hydrogen-bond acceptors (Lipinski definition) is 9. The number of nitrogens with one attached hydrogen (secondary N) is 1. The lowest BCUT2D eigenvalue weighted by Crippen LogP contribution is -2.43. The molecule has 3 unspecified atom stereocenters. The number of rotatable bonds is 5. The molecule has 30 heavy (non-hydrogen) atoms. The lowest BCUT2D eigenvalue weighted by Gasteiger charge is -2.24. The van der Waals surface area contributed by atoms with E-state index >= 15 is 0 Å². The summed E-state index contributed by atoms with van der Waals surface area (Å²) in [4.78, 5) is 59.3. The molecular formula is C16H17F3N2O9. The molecule has 0 aliphatic carbocycles. The van der Waals surface area contributed by atoms with E-state index in [1.54, 1.807) is 0 Å². The molecule has 0 aromatic carbocycles. The van der Waals surface area contributed by atoms with E-state index in [9.17, 15) is 37.1 Å². The molecule has 4 atom stereocenters. The van der Waals surface area contributed by atoms with Gasteiger partial charge in [-0.3, -0.25) is 28.7 Å². The third-order valence-corrected chi connectivity index (χ3v) is 3.89. The van der Waals surface area contributed by atoms with Gasteiger partial charge >= 0.3 is 29.8 Å². The summed E-state index contributed by atoms with van der Waals surface area (Å²) < 4.78 is 60.0. The maximum Gasteiger partial charge on any atom is 0.423 e. The van der Waals surface area contributed by atoms with Crippen LogP contribution in [0.5, 0.6) is 0 Å². The van der Waals surface area contributed by atoms with Crippen LogP contribution < -0.4 is 11.2 Å². The minimum absolute atomic E-state index is 0.196. The van der Waals surface area contributed by atoms with E-state index in [0.717, 1.165) is 20.8 Å². The zero-order valence-electron chi connectivity index (χ0n) is 15.8. The Bertz CT molecular complexity index is 953.